The van der Waals surface area contributed by atoms with Gasteiger partial charge in [-0.15, -0.1) is 17.0 Å². The first-order chi connectivity index (χ1) is 15.1. The van der Waals surface area contributed by atoms with Gasteiger partial charge in [-0.25, -0.2) is 4.98 Å². The Morgan fingerprint density at radius 2 is 1.69 bits per heavy atom. The lowest BCUT2D eigenvalue weighted by molar-refractivity contribution is -0.123. The molecule has 1 saturated carbocycles. The third-order valence-corrected chi connectivity index (χ3v) is 6.86. The Morgan fingerprint density at radius 1 is 1.09 bits per heavy atom. The molecule has 168 valence electrons. The van der Waals surface area contributed by atoms with E-state index < -0.39 is 5.41 Å². The molecule has 2 aromatic carbocycles. The van der Waals surface area contributed by atoms with Crippen molar-refractivity contribution in [2.24, 2.45) is 17.6 Å². The van der Waals surface area contributed by atoms with Crippen LogP contribution >= 0.6 is 17.0 Å². The number of halogens is 1. The molecule has 1 aromatic heterocycles. The molecule has 1 heterocycles. The summed E-state index contributed by atoms with van der Waals surface area (Å²) in [6, 6.07) is 20.2. The number of allylic oxidation sites excluding steroid dienone is 2. The maximum Gasteiger partial charge on any atom is 0.232 e. The number of nitrogens with two attached hydrogens (primary N) is 1. The fourth-order valence-corrected chi connectivity index (χ4v) is 5.41. The summed E-state index contributed by atoms with van der Waals surface area (Å²) < 4.78 is 2.17. The second-order valence-corrected chi connectivity index (χ2v) is 8.53. The highest BCUT2D eigenvalue weighted by Crippen LogP contribution is 2.49. The Balaban J connectivity index is 0.00000289. The van der Waals surface area contributed by atoms with Gasteiger partial charge in [0.25, 0.3) is 0 Å². The van der Waals surface area contributed by atoms with E-state index in [0.29, 0.717) is 5.92 Å². The highest BCUT2D eigenvalue weighted by molar-refractivity contribution is 8.93. The number of rotatable bonds is 7. The van der Waals surface area contributed by atoms with E-state index in [1.165, 1.54) is 5.70 Å². The lowest BCUT2D eigenvalue weighted by Gasteiger charge is -2.37. The van der Waals surface area contributed by atoms with Crippen LogP contribution in [0.4, 0.5) is 0 Å². The molecule has 4 nitrogen and oxygen atoms in total. The van der Waals surface area contributed by atoms with E-state index in [1.807, 2.05) is 80.0 Å². The average Bonchev–Trinajstić information content (AvgIpc) is 3.43. The second kappa shape index (κ2) is 10.3. The van der Waals surface area contributed by atoms with E-state index in [1.54, 1.807) is 0 Å². The van der Waals surface area contributed by atoms with Crippen molar-refractivity contribution in [3.05, 3.63) is 96.1 Å². The maximum absolute atomic E-state index is 13.2. The molecule has 2 N–H and O–H groups in total. The number of aromatic nitrogens is 2. The van der Waals surface area contributed by atoms with E-state index in [2.05, 4.69) is 22.6 Å². The number of nitrogens with zero attached hydrogens (tertiary/aromatic N) is 2. The zero-order valence-electron chi connectivity index (χ0n) is 18.8. The van der Waals surface area contributed by atoms with Gasteiger partial charge in [-0.05, 0) is 55.6 Å². The van der Waals surface area contributed by atoms with Crippen LogP contribution in [0.3, 0.4) is 0 Å². The van der Waals surface area contributed by atoms with Gasteiger partial charge in [-0.1, -0.05) is 73.7 Å². The molecule has 4 rings (SSSR count). The maximum atomic E-state index is 13.2. The Hall–Kier alpha value is -2.66. The number of hydrogen-bond donors (Lipinski definition) is 1. The Bertz CT molecular complexity index is 1020. The van der Waals surface area contributed by atoms with Crippen LogP contribution in [-0.4, -0.2) is 15.5 Å². The number of benzene rings is 2. The first kappa shape index (κ1) is 24.0. The van der Waals surface area contributed by atoms with Crippen LogP contribution in [-0.2, 0) is 10.2 Å². The number of hydrogen-bond acceptors (Lipinski definition) is 2. The fraction of sp³-hybridized carbons (Fsp3) is 0.333. The third-order valence-electron chi connectivity index (χ3n) is 6.86. The minimum absolute atomic E-state index is 0. The van der Waals surface area contributed by atoms with Crippen molar-refractivity contribution < 1.29 is 4.79 Å². The molecule has 0 saturated heterocycles. The molecule has 0 spiro atoms. The van der Waals surface area contributed by atoms with E-state index in [-0.39, 0.29) is 28.8 Å². The van der Waals surface area contributed by atoms with Gasteiger partial charge in [0.15, 0.2) is 0 Å². The van der Waals surface area contributed by atoms with E-state index in [0.717, 1.165) is 42.6 Å². The monoisotopic (exact) mass is 493 g/mol. The van der Waals surface area contributed by atoms with Crippen molar-refractivity contribution in [3.8, 4) is 0 Å². The molecule has 3 aromatic rings. The zero-order chi connectivity index (χ0) is 21.8. The van der Waals surface area contributed by atoms with Crippen LogP contribution in [0.15, 0.2) is 79.1 Å². The molecule has 1 amide bonds. The highest BCUT2D eigenvalue weighted by atomic mass is 79.9. The molecular weight excluding hydrogens is 462 g/mol. The Labute approximate surface area is 201 Å². The largest absolute Gasteiger partial charge is 0.369 e. The predicted octanol–water partition coefficient (Wildman–Crippen LogP) is 5.91. The number of imidazole rings is 1. The van der Waals surface area contributed by atoms with Crippen molar-refractivity contribution >= 4 is 28.6 Å². The van der Waals surface area contributed by atoms with Crippen molar-refractivity contribution in [1.29, 1.82) is 0 Å². The molecule has 0 aliphatic heterocycles. The van der Waals surface area contributed by atoms with Crippen LogP contribution in [0.25, 0.3) is 5.70 Å². The summed E-state index contributed by atoms with van der Waals surface area (Å²) in [6.45, 7) is 4.21. The van der Waals surface area contributed by atoms with Gasteiger partial charge in [0.05, 0.1) is 0 Å². The summed E-state index contributed by atoms with van der Waals surface area (Å²) in [5.74, 6) is 1.30. The van der Waals surface area contributed by atoms with Crippen molar-refractivity contribution in [2.75, 3.05) is 0 Å². The Morgan fingerprint density at radius 3 is 2.16 bits per heavy atom. The molecular formula is C27H32BrN3O. The Kier molecular flexibility index (Phi) is 7.73. The van der Waals surface area contributed by atoms with Crippen LogP contribution in [0.5, 0.6) is 0 Å². The molecule has 1 fully saturated rings. The summed E-state index contributed by atoms with van der Waals surface area (Å²) >= 11 is 0. The second-order valence-electron chi connectivity index (χ2n) is 8.53. The SMILES string of the molecule is Br.CC/C(=C\[C@@H]1CC[C@H](C(C(N)=O)(c2ccccc2)c2ccccc2)C1)n1ccnc1C. The first-order valence-electron chi connectivity index (χ1n) is 11.2. The van der Waals surface area contributed by atoms with Gasteiger partial charge in [0.2, 0.25) is 5.91 Å². The molecule has 1 aliphatic rings. The van der Waals surface area contributed by atoms with Crippen LogP contribution in [0.1, 0.15) is 49.6 Å². The van der Waals surface area contributed by atoms with Gasteiger partial charge in [0.1, 0.15) is 11.2 Å². The van der Waals surface area contributed by atoms with E-state index in [4.69, 9.17) is 5.73 Å². The number of amides is 1. The van der Waals surface area contributed by atoms with Crippen molar-refractivity contribution in [2.45, 2.75) is 44.9 Å². The summed E-state index contributed by atoms with van der Waals surface area (Å²) in [5.41, 5.74) is 8.65. The third kappa shape index (κ3) is 4.31. The summed E-state index contributed by atoms with van der Waals surface area (Å²) in [5, 5.41) is 0. The van der Waals surface area contributed by atoms with Crippen LogP contribution < -0.4 is 5.73 Å². The smallest absolute Gasteiger partial charge is 0.232 e. The molecule has 32 heavy (non-hydrogen) atoms. The predicted molar refractivity (Wildman–Crippen MR) is 136 cm³/mol. The van der Waals surface area contributed by atoms with Gasteiger partial charge in [0, 0.05) is 18.1 Å². The fourth-order valence-electron chi connectivity index (χ4n) is 5.41. The van der Waals surface area contributed by atoms with Gasteiger partial charge in [-0.3, -0.25) is 4.79 Å². The zero-order valence-corrected chi connectivity index (χ0v) is 20.5. The van der Waals surface area contributed by atoms with E-state index >= 15 is 0 Å². The summed E-state index contributed by atoms with van der Waals surface area (Å²) in [4.78, 5) is 17.6. The molecule has 2 atom stereocenters. The lowest BCUT2D eigenvalue weighted by Crippen LogP contribution is -2.47. The first-order valence-corrected chi connectivity index (χ1v) is 11.2. The van der Waals surface area contributed by atoms with Crippen LogP contribution in [0.2, 0.25) is 0 Å². The molecule has 0 radical (unpaired) electrons. The summed E-state index contributed by atoms with van der Waals surface area (Å²) in [7, 11) is 0. The molecule has 1 aliphatic carbocycles. The van der Waals surface area contributed by atoms with Gasteiger partial charge in [-0.2, -0.15) is 0 Å². The molecule has 0 unspecified atom stereocenters. The van der Waals surface area contributed by atoms with Gasteiger partial charge >= 0.3 is 0 Å². The summed E-state index contributed by atoms with van der Waals surface area (Å²) in [6.07, 6.45) is 10.2. The minimum Gasteiger partial charge on any atom is -0.369 e. The number of aryl methyl sites for hydroxylation is 1. The number of carbonyl (C=O) groups is 1. The minimum atomic E-state index is -0.817. The average molecular weight is 494 g/mol. The highest BCUT2D eigenvalue weighted by Gasteiger charge is 2.49. The van der Waals surface area contributed by atoms with Crippen LogP contribution in [0, 0.1) is 18.8 Å². The van der Waals surface area contributed by atoms with Gasteiger partial charge < -0.3 is 10.3 Å². The lowest BCUT2D eigenvalue weighted by atomic mass is 9.64. The molecule has 5 heteroatoms. The van der Waals surface area contributed by atoms with Crippen molar-refractivity contribution in [1.82, 2.24) is 9.55 Å². The number of primary amides is 1. The standard InChI is InChI=1S/C27H31N3O.BrH/c1-3-25(30-17-16-29-20(30)2)19-21-14-15-24(18-21)27(26(28)31,22-10-6-4-7-11-22)23-12-8-5-9-13-23;/h4-13,16-17,19,21,24H,3,14-15,18H2,1-2H3,(H2,28,31);1H/b25-19+;/t21-,24+;/m1./s1. The number of carbonyl (C=O) groups excluding carboxylic acids is 1. The quantitative estimate of drug-likeness (QED) is 0.444. The topological polar surface area (TPSA) is 60.9 Å². The normalized spacial score (nSPS) is 18.9. The van der Waals surface area contributed by atoms with E-state index in [9.17, 15) is 4.79 Å². The van der Waals surface area contributed by atoms with Crippen molar-refractivity contribution in [3.63, 3.8) is 0 Å². The molecule has 0 bridgehead atoms.